The Bertz CT molecular complexity index is 815. The van der Waals surface area contributed by atoms with Gasteiger partial charge in [0.25, 0.3) is 0 Å². The second-order valence-corrected chi connectivity index (χ2v) is 6.55. The van der Waals surface area contributed by atoms with E-state index in [0.717, 1.165) is 5.52 Å². The van der Waals surface area contributed by atoms with Gasteiger partial charge in [0.15, 0.2) is 5.58 Å². The van der Waals surface area contributed by atoms with E-state index in [1.807, 2.05) is 18.2 Å². The van der Waals surface area contributed by atoms with Gasteiger partial charge in [0.2, 0.25) is 5.89 Å². The topological polar surface area (TPSA) is 46.3 Å². The number of aromatic hydroxyl groups is 1. The van der Waals surface area contributed by atoms with E-state index in [2.05, 4.69) is 25.8 Å². The van der Waals surface area contributed by atoms with Gasteiger partial charge in [-0.25, -0.2) is 4.98 Å². The Kier molecular flexibility index (Phi) is 3.18. The van der Waals surface area contributed by atoms with Crippen LogP contribution in [0.25, 0.3) is 22.6 Å². The average molecular weight is 302 g/mol. The summed E-state index contributed by atoms with van der Waals surface area (Å²) in [6.45, 7) is 6.45. The Labute approximate surface area is 128 Å². The molecule has 0 aliphatic carbocycles. The van der Waals surface area contributed by atoms with Gasteiger partial charge in [-0.2, -0.15) is 0 Å². The second kappa shape index (κ2) is 4.78. The van der Waals surface area contributed by atoms with Crippen molar-refractivity contribution in [3.63, 3.8) is 0 Å². The third-order valence-electron chi connectivity index (χ3n) is 3.44. The van der Waals surface area contributed by atoms with Crippen molar-refractivity contribution in [2.24, 2.45) is 0 Å². The molecule has 1 heterocycles. The standard InChI is InChI=1S/C17H16ClNO2/c1-17(2,3)10-4-7-15-13(8-10)19-16(21-15)12-9-11(18)5-6-14(12)20/h4-9,20H,1-3H3. The lowest BCUT2D eigenvalue weighted by Crippen LogP contribution is -2.10. The summed E-state index contributed by atoms with van der Waals surface area (Å²) in [4.78, 5) is 4.47. The highest BCUT2D eigenvalue weighted by molar-refractivity contribution is 6.30. The van der Waals surface area contributed by atoms with Crippen LogP contribution in [0.1, 0.15) is 26.3 Å². The largest absolute Gasteiger partial charge is 0.507 e. The number of phenolic OH excluding ortho intramolecular Hbond substituents is 1. The lowest BCUT2D eigenvalue weighted by molar-refractivity contribution is 0.474. The summed E-state index contributed by atoms with van der Waals surface area (Å²) in [5.74, 6) is 0.470. The molecule has 3 aromatic rings. The fourth-order valence-electron chi connectivity index (χ4n) is 2.19. The minimum atomic E-state index is 0.0471. The lowest BCUT2D eigenvalue weighted by atomic mass is 9.87. The van der Waals surface area contributed by atoms with Crippen LogP contribution in [0.2, 0.25) is 5.02 Å². The highest BCUT2D eigenvalue weighted by atomic mass is 35.5. The van der Waals surface area contributed by atoms with Gasteiger partial charge in [-0.3, -0.25) is 0 Å². The maximum absolute atomic E-state index is 9.94. The number of rotatable bonds is 1. The predicted octanol–water partition coefficient (Wildman–Crippen LogP) is 5.15. The minimum absolute atomic E-state index is 0.0471. The van der Waals surface area contributed by atoms with Crippen molar-refractivity contribution < 1.29 is 9.52 Å². The van der Waals surface area contributed by atoms with Crippen LogP contribution in [0, 0.1) is 0 Å². The molecule has 108 valence electrons. The number of phenols is 1. The first-order valence-electron chi connectivity index (χ1n) is 6.74. The number of hydrogen-bond donors (Lipinski definition) is 1. The maximum atomic E-state index is 9.94. The molecule has 0 fully saturated rings. The maximum Gasteiger partial charge on any atom is 0.231 e. The number of halogens is 1. The summed E-state index contributed by atoms with van der Waals surface area (Å²) in [5, 5.41) is 10.5. The number of fused-ring (bicyclic) bond motifs is 1. The van der Waals surface area contributed by atoms with E-state index in [4.69, 9.17) is 16.0 Å². The van der Waals surface area contributed by atoms with Gasteiger partial charge in [-0.05, 0) is 41.3 Å². The van der Waals surface area contributed by atoms with Crippen LogP contribution in [0.4, 0.5) is 0 Å². The third kappa shape index (κ3) is 2.61. The fourth-order valence-corrected chi connectivity index (χ4v) is 2.36. The van der Waals surface area contributed by atoms with Crippen LogP contribution in [0.15, 0.2) is 40.8 Å². The predicted molar refractivity (Wildman–Crippen MR) is 84.8 cm³/mol. The molecule has 1 N–H and O–H groups in total. The van der Waals surface area contributed by atoms with Crippen molar-refractivity contribution in [2.75, 3.05) is 0 Å². The first kappa shape index (κ1) is 14.0. The van der Waals surface area contributed by atoms with E-state index in [0.29, 0.717) is 22.1 Å². The summed E-state index contributed by atoms with van der Waals surface area (Å²) in [6.07, 6.45) is 0. The highest BCUT2D eigenvalue weighted by Gasteiger charge is 2.17. The molecule has 0 saturated heterocycles. The van der Waals surface area contributed by atoms with E-state index in [-0.39, 0.29) is 11.2 Å². The Morgan fingerprint density at radius 3 is 2.57 bits per heavy atom. The molecular weight excluding hydrogens is 286 g/mol. The molecular formula is C17H16ClNO2. The molecule has 0 atom stereocenters. The summed E-state index contributed by atoms with van der Waals surface area (Å²) in [6, 6.07) is 10.8. The molecule has 3 rings (SSSR count). The van der Waals surface area contributed by atoms with Crippen molar-refractivity contribution in [3.8, 4) is 17.2 Å². The second-order valence-electron chi connectivity index (χ2n) is 6.11. The Balaban J connectivity index is 2.15. The van der Waals surface area contributed by atoms with Gasteiger partial charge in [0.05, 0.1) is 5.56 Å². The molecule has 0 saturated carbocycles. The molecule has 0 radical (unpaired) electrons. The number of nitrogens with zero attached hydrogens (tertiary/aromatic N) is 1. The van der Waals surface area contributed by atoms with Crippen molar-refractivity contribution >= 4 is 22.7 Å². The van der Waals surface area contributed by atoms with Crippen LogP contribution in [-0.4, -0.2) is 10.1 Å². The first-order valence-corrected chi connectivity index (χ1v) is 7.12. The number of aromatic nitrogens is 1. The van der Waals surface area contributed by atoms with E-state index < -0.39 is 0 Å². The van der Waals surface area contributed by atoms with Gasteiger partial charge < -0.3 is 9.52 Å². The molecule has 0 aliphatic rings. The van der Waals surface area contributed by atoms with Gasteiger partial charge >= 0.3 is 0 Å². The lowest BCUT2D eigenvalue weighted by Gasteiger charge is -2.18. The summed E-state index contributed by atoms with van der Waals surface area (Å²) < 4.78 is 5.73. The van der Waals surface area contributed by atoms with Crippen molar-refractivity contribution in [1.82, 2.24) is 4.98 Å². The Hall–Kier alpha value is -2.00. The summed E-state index contributed by atoms with van der Waals surface area (Å²) >= 11 is 5.97. The Morgan fingerprint density at radius 2 is 1.86 bits per heavy atom. The van der Waals surface area contributed by atoms with Crippen LogP contribution < -0.4 is 0 Å². The molecule has 0 amide bonds. The van der Waals surface area contributed by atoms with Crippen LogP contribution >= 0.6 is 11.6 Å². The molecule has 3 nitrogen and oxygen atoms in total. The van der Waals surface area contributed by atoms with E-state index >= 15 is 0 Å². The quantitative estimate of drug-likeness (QED) is 0.676. The molecule has 0 bridgehead atoms. The van der Waals surface area contributed by atoms with Gasteiger partial charge in [0.1, 0.15) is 11.3 Å². The fraction of sp³-hybridized carbons (Fsp3) is 0.235. The number of hydrogen-bond acceptors (Lipinski definition) is 3. The van der Waals surface area contributed by atoms with Gasteiger partial charge in [0, 0.05) is 5.02 Å². The summed E-state index contributed by atoms with van der Waals surface area (Å²) in [5.41, 5.74) is 3.20. The van der Waals surface area contributed by atoms with E-state index in [1.54, 1.807) is 12.1 Å². The van der Waals surface area contributed by atoms with Gasteiger partial charge in [-0.1, -0.05) is 38.4 Å². The zero-order valence-electron chi connectivity index (χ0n) is 12.1. The van der Waals surface area contributed by atoms with E-state index in [1.165, 1.54) is 11.6 Å². The molecule has 0 aliphatic heterocycles. The normalized spacial score (nSPS) is 12.0. The molecule has 2 aromatic carbocycles. The average Bonchev–Trinajstić information content (AvgIpc) is 2.83. The molecule has 0 unspecified atom stereocenters. The zero-order valence-corrected chi connectivity index (χ0v) is 12.9. The smallest absolute Gasteiger partial charge is 0.231 e. The summed E-state index contributed by atoms with van der Waals surface area (Å²) in [7, 11) is 0. The van der Waals surface area contributed by atoms with Crippen LogP contribution in [-0.2, 0) is 5.41 Å². The molecule has 0 spiro atoms. The first-order chi connectivity index (χ1) is 9.84. The zero-order chi connectivity index (χ0) is 15.2. The molecule has 21 heavy (non-hydrogen) atoms. The molecule has 1 aromatic heterocycles. The van der Waals surface area contributed by atoms with Crippen molar-refractivity contribution in [1.29, 1.82) is 0 Å². The monoisotopic (exact) mass is 301 g/mol. The van der Waals surface area contributed by atoms with Crippen molar-refractivity contribution in [2.45, 2.75) is 26.2 Å². The van der Waals surface area contributed by atoms with Crippen LogP contribution in [0.5, 0.6) is 5.75 Å². The Morgan fingerprint density at radius 1 is 1.10 bits per heavy atom. The highest BCUT2D eigenvalue weighted by Crippen LogP contribution is 2.34. The van der Waals surface area contributed by atoms with Crippen molar-refractivity contribution in [3.05, 3.63) is 47.0 Å². The van der Waals surface area contributed by atoms with Gasteiger partial charge in [-0.15, -0.1) is 0 Å². The van der Waals surface area contributed by atoms with E-state index in [9.17, 15) is 5.11 Å². The van der Waals surface area contributed by atoms with Crippen LogP contribution in [0.3, 0.4) is 0 Å². The molecule has 4 heteroatoms. The number of benzene rings is 2. The third-order valence-corrected chi connectivity index (χ3v) is 3.68. The SMILES string of the molecule is CC(C)(C)c1ccc2oc(-c3cc(Cl)ccc3O)nc2c1. The number of oxazole rings is 1. The minimum Gasteiger partial charge on any atom is -0.507 e.